The molecule has 0 aliphatic rings. The molecule has 1 atom stereocenters. The number of hydrogen-bond donors (Lipinski definition) is 0. The highest BCUT2D eigenvalue weighted by molar-refractivity contribution is 7.84. The summed E-state index contributed by atoms with van der Waals surface area (Å²) in [4.78, 5) is 0. The number of benzene rings is 1. The smallest absolute Gasteiger partial charge is 0.307 e. The number of aromatic nitrogens is 2. The van der Waals surface area contributed by atoms with Crippen molar-refractivity contribution in [3.63, 3.8) is 0 Å². The molecule has 0 unspecified atom stereocenters. The molecule has 1 aromatic heterocycles. The zero-order valence-electron chi connectivity index (χ0n) is 9.63. The zero-order chi connectivity index (χ0) is 13.0. The normalized spacial score (nSPS) is 12.6. The monoisotopic (exact) mass is 286 g/mol. The fraction of sp³-hybridized carbons (Fsp3) is 0.273. The lowest BCUT2D eigenvalue weighted by Crippen LogP contribution is -2.04. The summed E-state index contributed by atoms with van der Waals surface area (Å²) in [6, 6.07) is 6.97. The Labute approximate surface area is 112 Å². The number of rotatable bonds is 5. The van der Waals surface area contributed by atoms with Gasteiger partial charge in [-0.25, -0.2) is 4.21 Å². The van der Waals surface area contributed by atoms with E-state index in [0.717, 1.165) is 5.56 Å². The van der Waals surface area contributed by atoms with Gasteiger partial charge in [0.1, 0.15) is 10.8 Å². The molecule has 2 aromatic rings. The van der Waals surface area contributed by atoms with Crippen LogP contribution in [0, 0.1) is 0 Å². The van der Waals surface area contributed by atoms with Gasteiger partial charge in [0.05, 0.1) is 12.4 Å². The van der Waals surface area contributed by atoms with Crippen LogP contribution in [-0.2, 0) is 15.5 Å². The minimum atomic E-state index is -1.33. The second kappa shape index (κ2) is 6.08. The zero-order valence-corrected chi connectivity index (χ0v) is 11.2. The van der Waals surface area contributed by atoms with Crippen LogP contribution < -0.4 is 0 Å². The van der Waals surface area contributed by atoms with E-state index in [2.05, 4.69) is 10.2 Å². The first-order chi connectivity index (χ1) is 8.70. The lowest BCUT2D eigenvalue weighted by Gasteiger charge is -1.96. The molecular formula is C11H11ClN2O3S. The van der Waals surface area contributed by atoms with Crippen molar-refractivity contribution in [1.29, 1.82) is 0 Å². The van der Waals surface area contributed by atoms with E-state index in [9.17, 15) is 4.21 Å². The van der Waals surface area contributed by atoms with E-state index in [1.165, 1.54) is 0 Å². The van der Waals surface area contributed by atoms with Crippen molar-refractivity contribution in [2.45, 2.75) is 5.22 Å². The van der Waals surface area contributed by atoms with Gasteiger partial charge in [0.2, 0.25) is 5.89 Å². The molecule has 0 spiro atoms. The third kappa shape index (κ3) is 3.16. The summed E-state index contributed by atoms with van der Waals surface area (Å²) in [6.07, 6.45) is 0. The fourth-order valence-electron chi connectivity index (χ4n) is 1.26. The Bertz CT molecular complexity index is 541. The molecule has 0 fully saturated rings. The molecular weight excluding hydrogens is 276 g/mol. The Kier molecular flexibility index (Phi) is 4.46. The summed E-state index contributed by atoms with van der Waals surface area (Å²) in [7, 11) is 0.214. The van der Waals surface area contributed by atoms with E-state index >= 15 is 0 Å². The van der Waals surface area contributed by atoms with Crippen molar-refractivity contribution < 1.29 is 13.4 Å². The molecule has 0 saturated carbocycles. The molecule has 0 aliphatic heterocycles. The first kappa shape index (κ1) is 13.2. The quantitative estimate of drug-likeness (QED) is 0.842. The third-order valence-corrected chi connectivity index (χ3v) is 3.51. The van der Waals surface area contributed by atoms with Crippen molar-refractivity contribution in [2.75, 3.05) is 19.5 Å². The van der Waals surface area contributed by atoms with E-state index < -0.39 is 10.8 Å². The maximum absolute atomic E-state index is 11.7. The highest BCUT2D eigenvalue weighted by atomic mass is 35.5. The second-order valence-electron chi connectivity index (χ2n) is 3.42. The molecule has 2 rings (SSSR count). The molecule has 0 saturated heterocycles. The lowest BCUT2D eigenvalue weighted by molar-refractivity contribution is 0.217. The van der Waals surface area contributed by atoms with E-state index in [1.54, 1.807) is 31.4 Å². The summed E-state index contributed by atoms with van der Waals surface area (Å²) in [5, 5.41) is 8.35. The number of halogens is 1. The predicted molar refractivity (Wildman–Crippen MR) is 67.9 cm³/mol. The van der Waals surface area contributed by atoms with Crippen LogP contribution in [0.15, 0.2) is 33.9 Å². The maximum atomic E-state index is 11.7. The number of hydrogen-bond acceptors (Lipinski definition) is 5. The summed E-state index contributed by atoms with van der Waals surface area (Å²) in [5.74, 6) is 0.658. The van der Waals surface area contributed by atoms with Crippen LogP contribution in [0.5, 0.6) is 0 Å². The van der Waals surface area contributed by atoms with Crippen molar-refractivity contribution in [1.82, 2.24) is 10.2 Å². The Morgan fingerprint density at radius 3 is 2.72 bits per heavy atom. The fourth-order valence-corrected chi connectivity index (χ4v) is 2.18. The van der Waals surface area contributed by atoms with E-state index in [1.807, 2.05) is 0 Å². The number of methoxy groups -OCH3 is 1. The summed E-state index contributed by atoms with van der Waals surface area (Å²) < 4.78 is 21.9. The van der Waals surface area contributed by atoms with Crippen LogP contribution in [0.25, 0.3) is 11.5 Å². The molecule has 0 aliphatic carbocycles. The van der Waals surface area contributed by atoms with Crippen LogP contribution in [-0.4, -0.2) is 33.9 Å². The standard InChI is InChI=1S/C11H11ClN2O3S/c1-16-6-7-18(15)11-14-13-10(17-11)8-2-4-9(12)5-3-8/h2-5H,6-7H2,1H3/t18-/m0/s1. The van der Waals surface area contributed by atoms with Gasteiger partial charge in [0.15, 0.2) is 0 Å². The van der Waals surface area contributed by atoms with Crippen LogP contribution in [0.1, 0.15) is 0 Å². The Morgan fingerprint density at radius 1 is 1.33 bits per heavy atom. The van der Waals surface area contributed by atoms with E-state index in [4.69, 9.17) is 20.8 Å². The molecule has 18 heavy (non-hydrogen) atoms. The van der Waals surface area contributed by atoms with E-state index in [-0.39, 0.29) is 5.22 Å². The summed E-state index contributed by atoms with van der Waals surface area (Å²) in [5.41, 5.74) is 0.738. The van der Waals surface area contributed by atoms with Gasteiger partial charge in [-0.3, -0.25) is 0 Å². The summed E-state index contributed by atoms with van der Waals surface area (Å²) >= 11 is 5.78. The minimum absolute atomic E-state index is 0.108. The molecule has 5 nitrogen and oxygen atoms in total. The molecule has 1 heterocycles. The Hall–Kier alpha value is -1.24. The van der Waals surface area contributed by atoms with Gasteiger partial charge in [-0.1, -0.05) is 16.7 Å². The van der Waals surface area contributed by atoms with Gasteiger partial charge >= 0.3 is 5.22 Å². The van der Waals surface area contributed by atoms with Crippen LogP contribution in [0.2, 0.25) is 5.02 Å². The molecule has 7 heteroatoms. The number of ether oxygens (including phenoxy) is 1. The minimum Gasteiger partial charge on any atom is -0.410 e. The van der Waals surface area contributed by atoms with E-state index in [0.29, 0.717) is 23.3 Å². The van der Waals surface area contributed by atoms with Crippen molar-refractivity contribution >= 4 is 22.4 Å². The largest absolute Gasteiger partial charge is 0.410 e. The predicted octanol–water partition coefficient (Wildman–Crippen LogP) is 2.14. The lowest BCUT2D eigenvalue weighted by atomic mass is 10.2. The van der Waals surface area contributed by atoms with Crippen LogP contribution >= 0.6 is 11.6 Å². The van der Waals surface area contributed by atoms with Gasteiger partial charge in [-0.15, -0.1) is 5.10 Å². The van der Waals surface area contributed by atoms with Gasteiger partial charge in [-0.2, -0.15) is 0 Å². The maximum Gasteiger partial charge on any atom is 0.307 e. The molecule has 0 N–H and O–H groups in total. The average molecular weight is 287 g/mol. The molecule has 0 amide bonds. The second-order valence-corrected chi connectivity index (χ2v) is 5.31. The first-order valence-corrected chi connectivity index (χ1v) is 6.87. The SMILES string of the molecule is COCC[S@](=O)c1nnc(-c2ccc(Cl)cc2)o1. The highest BCUT2D eigenvalue weighted by Crippen LogP contribution is 2.21. The van der Waals surface area contributed by atoms with Gasteiger partial charge in [-0.05, 0) is 24.3 Å². The van der Waals surface area contributed by atoms with Crippen LogP contribution in [0.3, 0.4) is 0 Å². The van der Waals surface area contributed by atoms with Gasteiger partial charge in [0, 0.05) is 17.7 Å². The molecule has 0 bridgehead atoms. The highest BCUT2D eigenvalue weighted by Gasteiger charge is 2.14. The first-order valence-electron chi connectivity index (χ1n) is 5.17. The molecule has 96 valence electrons. The third-order valence-electron chi connectivity index (χ3n) is 2.17. The Morgan fingerprint density at radius 2 is 2.06 bits per heavy atom. The van der Waals surface area contributed by atoms with Crippen LogP contribution in [0.4, 0.5) is 0 Å². The van der Waals surface area contributed by atoms with Crippen molar-refractivity contribution in [3.8, 4) is 11.5 Å². The van der Waals surface area contributed by atoms with Crippen molar-refractivity contribution in [2.24, 2.45) is 0 Å². The molecule has 1 aromatic carbocycles. The molecule has 0 radical (unpaired) electrons. The van der Waals surface area contributed by atoms with Gasteiger partial charge < -0.3 is 9.15 Å². The van der Waals surface area contributed by atoms with Gasteiger partial charge in [0.25, 0.3) is 0 Å². The van der Waals surface area contributed by atoms with Crippen molar-refractivity contribution in [3.05, 3.63) is 29.3 Å². The average Bonchev–Trinajstić information content (AvgIpc) is 2.86. The topological polar surface area (TPSA) is 65.2 Å². The number of nitrogens with zero attached hydrogens (tertiary/aromatic N) is 2. The Balaban J connectivity index is 2.15. The summed E-state index contributed by atoms with van der Waals surface area (Å²) in [6.45, 7) is 0.380.